The fourth-order valence-corrected chi connectivity index (χ4v) is 5.17. The van der Waals surface area contributed by atoms with Crippen LogP contribution in [0.4, 0.5) is 0 Å². The number of hydrogen-bond donors (Lipinski definition) is 0. The molecular formula is C21H20N2O3S. The number of nitrogens with zero attached hydrogens (tertiary/aromatic N) is 2. The number of rotatable bonds is 4. The molecule has 4 rings (SSSR count). The van der Waals surface area contributed by atoms with Crippen LogP contribution in [0.2, 0.25) is 0 Å². The highest BCUT2D eigenvalue weighted by Gasteiger charge is 2.37. The standard InChI is InChI=1S/C21H20N2O3S/c1-26-18-6-8-19(9-7-18)27(24,25)23-15-12-16-4-2-3-5-20(16)21(23)17-10-13-22-14-11-17/h2-11,13-14,21H,12,15H2,1H3. The Balaban J connectivity index is 1.83. The smallest absolute Gasteiger partial charge is 0.243 e. The van der Waals surface area contributed by atoms with Crippen molar-refractivity contribution in [2.24, 2.45) is 0 Å². The normalized spacial score (nSPS) is 17.3. The lowest BCUT2D eigenvalue weighted by atomic mass is 9.90. The lowest BCUT2D eigenvalue weighted by Crippen LogP contribution is -2.40. The predicted octanol–water partition coefficient (Wildman–Crippen LogP) is 3.43. The van der Waals surface area contributed by atoms with E-state index in [0.29, 0.717) is 18.7 Å². The first-order valence-corrected chi connectivity index (χ1v) is 10.2. The van der Waals surface area contributed by atoms with Gasteiger partial charge in [0.05, 0.1) is 18.0 Å². The number of aromatic nitrogens is 1. The first-order valence-electron chi connectivity index (χ1n) is 8.75. The van der Waals surface area contributed by atoms with Gasteiger partial charge in [0.25, 0.3) is 0 Å². The van der Waals surface area contributed by atoms with Crippen molar-refractivity contribution in [3.05, 3.63) is 89.7 Å². The van der Waals surface area contributed by atoms with Gasteiger partial charge in [-0.1, -0.05) is 24.3 Å². The predicted molar refractivity (Wildman–Crippen MR) is 103 cm³/mol. The molecule has 0 bridgehead atoms. The zero-order chi connectivity index (χ0) is 18.9. The zero-order valence-electron chi connectivity index (χ0n) is 14.9. The second-order valence-electron chi connectivity index (χ2n) is 6.42. The van der Waals surface area contributed by atoms with Crippen molar-refractivity contribution >= 4 is 10.0 Å². The van der Waals surface area contributed by atoms with E-state index in [2.05, 4.69) is 11.1 Å². The van der Waals surface area contributed by atoms with E-state index in [1.54, 1.807) is 48.1 Å². The number of sulfonamides is 1. The van der Waals surface area contributed by atoms with Gasteiger partial charge in [0.1, 0.15) is 5.75 Å². The van der Waals surface area contributed by atoms with Crippen molar-refractivity contribution < 1.29 is 13.2 Å². The maximum atomic E-state index is 13.4. The molecule has 1 aromatic heterocycles. The summed E-state index contributed by atoms with van der Waals surface area (Å²) in [5.74, 6) is 0.628. The lowest BCUT2D eigenvalue weighted by molar-refractivity contribution is 0.344. The average Bonchev–Trinajstić information content (AvgIpc) is 2.73. The molecule has 0 amide bonds. The third-order valence-corrected chi connectivity index (χ3v) is 6.81. The van der Waals surface area contributed by atoms with Crippen LogP contribution in [0.15, 0.2) is 78.0 Å². The van der Waals surface area contributed by atoms with Crippen LogP contribution in [0.1, 0.15) is 22.7 Å². The van der Waals surface area contributed by atoms with Gasteiger partial charge in [-0.25, -0.2) is 8.42 Å². The molecule has 27 heavy (non-hydrogen) atoms. The Hall–Kier alpha value is -2.70. The molecule has 0 aliphatic carbocycles. The maximum absolute atomic E-state index is 13.4. The Morgan fingerprint density at radius 3 is 2.41 bits per heavy atom. The molecule has 2 aromatic carbocycles. The molecule has 3 aromatic rings. The van der Waals surface area contributed by atoms with E-state index in [1.165, 1.54) is 5.56 Å². The van der Waals surface area contributed by atoms with Crippen molar-refractivity contribution in [3.63, 3.8) is 0 Å². The SMILES string of the molecule is COc1ccc(S(=O)(=O)N2CCc3ccccc3C2c2ccncc2)cc1. The molecule has 2 heterocycles. The van der Waals surface area contributed by atoms with Crippen LogP contribution in [-0.4, -0.2) is 31.4 Å². The monoisotopic (exact) mass is 380 g/mol. The van der Waals surface area contributed by atoms with Crippen molar-refractivity contribution in [1.82, 2.24) is 9.29 Å². The fourth-order valence-electron chi connectivity index (χ4n) is 3.58. The highest BCUT2D eigenvalue weighted by atomic mass is 32.2. The van der Waals surface area contributed by atoms with Crippen LogP contribution in [0.5, 0.6) is 5.75 Å². The van der Waals surface area contributed by atoms with Gasteiger partial charge in [0, 0.05) is 18.9 Å². The summed E-state index contributed by atoms with van der Waals surface area (Å²) in [6.07, 6.45) is 4.09. The van der Waals surface area contributed by atoms with E-state index in [0.717, 1.165) is 11.1 Å². The van der Waals surface area contributed by atoms with E-state index in [-0.39, 0.29) is 10.9 Å². The van der Waals surface area contributed by atoms with Crippen molar-refractivity contribution in [1.29, 1.82) is 0 Å². The summed E-state index contributed by atoms with van der Waals surface area (Å²) in [4.78, 5) is 4.34. The summed E-state index contributed by atoms with van der Waals surface area (Å²) in [5.41, 5.74) is 3.11. The van der Waals surface area contributed by atoms with Crippen LogP contribution < -0.4 is 4.74 Å². The summed E-state index contributed by atoms with van der Waals surface area (Å²) < 4.78 is 33.6. The van der Waals surface area contributed by atoms with Crippen LogP contribution >= 0.6 is 0 Å². The minimum absolute atomic E-state index is 0.265. The van der Waals surface area contributed by atoms with Gasteiger partial charge in [0.2, 0.25) is 10.0 Å². The van der Waals surface area contributed by atoms with E-state index in [1.807, 2.05) is 30.3 Å². The second kappa shape index (κ2) is 7.13. The molecule has 0 saturated heterocycles. The topological polar surface area (TPSA) is 59.5 Å². The molecule has 5 nitrogen and oxygen atoms in total. The van der Waals surface area contributed by atoms with Gasteiger partial charge in [-0.15, -0.1) is 0 Å². The fraction of sp³-hybridized carbons (Fsp3) is 0.190. The van der Waals surface area contributed by atoms with Crippen molar-refractivity contribution in [2.75, 3.05) is 13.7 Å². The summed E-state index contributed by atoms with van der Waals surface area (Å²) in [5, 5.41) is 0. The van der Waals surface area contributed by atoms with Gasteiger partial charge in [-0.05, 0) is 59.5 Å². The summed E-state index contributed by atoms with van der Waals surface area (Å²) in [6, 6.07) is 18.0. The molecular weight excluding hydrogens is 360 g/mol. The molecule has 0 saturated carbocycles. The molecule has 1 aliphatic rings. The van der Waals surface area contributed by atoms with Gasteiger partial charge >= 0.3 is 0 Å². The Labute approximate surface area is 159 Å². The van der Waals surface area contributed by atoms with E-state index >= 15 is 0 Å². The Morgan fingerprint density at radius 1 is 1.00 bits per heavy atom. The van der Waals surface area contributed by atoms with Gasteiger partial charge in [-0.3, -0.25) is 4.98 Å². The van der Waals surface area contributed by atoms with Crippen LogP contribution in [0.3, 0.4) is 0 Å². The van der Waals surface area contributed by atoms with E-state index in [4.69, 9.17) is 4.74 Å². The van der Waals surface area contributed by atoms with Crippen molar-refractivity contribution in [3.8, 4) is 5.75 Å². The molecule has 1 atom stereocenters. The minimum atomic E-state index is -3.67. The van der Waals surface area contributed by atoms with Gasteiger partial charge in [0.15, 0.2) is 0 Å². The number of methoxy groups -OCH3 is 1. The largest absolute Gasteiger partial charge is 0.497 e. The quantitative estimate of drug-likeness (QED) is 0.696. The molecule has 0 N–H and O–H groups in total. The second-order valence-corrected chi connectivity index (χ2v) is 8.31. The molecule has 0 fully saturated rings. The molecule has 6 heteroatoms. The molecule has 0 radical (unpaired) electrons. The summed E-state index contributed by atoms with van der Waals surface area (Å²) >= 11 is 0. The lowest BCUT2D eigenvalue weighted by Gasteiger charge is -2.36. The number of benzene rings is 2. The number of fused-ring (bicyclic) bond motifs is 1. The average molecular weight is 380 g/mol. The first kappa shape index (κ1) is 17.7. The molecule has 138 valence electrons. The third-order valence-electron chi connectivity index (χ3n) is 4.93. The maximum Gasteiger partial charge on any atom is 0.243 e. The van der Waals surface area contributed by atoms with Gasteiger partial charge in [-0.2, -0.15) is 4.31 Å². The Bertz CT molecular complexity index is 1030. The third kappa shape index (κ3) is 3.22. The summed E-state index contributed by atoms with van der Waals surface area (Å²) in [6.45, 7) is 0.429. The summed E-state index contributed by atoms with van der Waals surface area (Å²) in [7, 11) is -2.11. The number of ether oxygens (including phenoxy) is 1. The Morgan fingerprint density at radius 2 is 1.70 bits per heavy atom. The van der Waals surface area contributed by atoms with Crippen LogP contribution in [0.25, 0.3) is 0 Å². The first-order chi connectivity index (χ1) is 13.1. The van der Waals surface area contributed by atoms with Crippen LogP contribution in [0, 0.1) is 0 Å². The highest BCUT2D eigenvalue weighted by Crippen LogP contribution is 2.38. The Kier molecular flexibility index (Phi) is 4.68. The minimum Gasteiger partial charge on any atom is -0.497 e. The molecule has 1 aliphatic heterocycles. The van der Waals surface area contributed by atoms with E-state index in [9.17, 15) is 8.42 Å². The van der Waals surface area contributed by atoms with E-state index < -0.39 is 10.0 Å². The van der Waals surface area contributed by atoms with Gasteiger partial charge < -0.3 is 4.74 Å². The molecule has 0 spiro atoms. The zero-order valence-corrected chi connectivity index (χ0v) is 15.8. The highest BCUT2D eigenvalue weighted by molar-refractivity contribution is 7.89. The number of hydrogen-bond acceptors (Lipinski definition) is 4. The molecule has 1 unspecified atom stereocenters. The van der Waals surface area contributed by atoms with Crippen molar-refractivity contribution in [2.45, 2.75) is 17.4 Å². The van der Waals surface area contributed by atoms with Crippen LogP contribution in [-0.2, 0) is 16.4 Å². The number of pyridine rings is 1.